The molecule has 1 aliphatic rings. The summed E-state index contributed by atoms with van der Waals surface area (Å²) in [6, 6.07) is 4.25. The maximum absolute atomic E-state index is 13.3. The molecule has 1 saturated carbocycles. The molecule has 122 valence electrons. The minimum Gasteiger partial charge on any atom is -0.481 e. The van der Waals surface area contributed by atoms with Crippen LogP contribution in [0.25, 0.3) is 11.0 Å². The van der Waals surface area contributed by atoms with Crippen molar-refractivity contribution < 1.29 is 19.1 Å². The van der Waals surface area contributed by atoms with Crippen LogP contribution in [-0.2, 0) is 16.1 Å². The van der Waals surface area contributed by atoms with E-state index < -0.39 is 29.0 Å². The zero-order valence-corrected chi connectivity index (χ0v) is 13.1. The number of hydrogen-bond acceptors (Lipinski definition) is 3. The van der Waals surface area contributed by atoms with Crippen LogP contribution in [0.5, 0.6) is 0 Å². The Morgan fingerprint density at radius 2 is 2.09 bits per heavy atom. The number of carbonyl (C=O) groups is 2. The van der Waals surface area contributed by atoms with Gasteiger partial charge in [0.15, 0.2) is 0 Å². The molecule has 0 aliphatic heterocycles. The van der Waals surface area contributed by atoms with Gasteiger partial charge in [-0.05, 0) is 24.5 Å². The largest absolute Gasteiger partial charge is 0.481 e. The number of anilines is 1. The lowest BCUT2D eigenvalue weighted by Gasteiger charge is -2.08. The number of aromatic nitrogens is 2. The monoisotopic (exact) mass is 319 g/mol. The van der Waals surface area contributed by atoms with Gasteiger partial charge in [0.1, 0.15) is 5.82 Å². The lowest BCUT2D eigenvalue weighted by Crippen LogP contribution is -2.20. The van der Waals surface area contributed by atoms with Crippen LogP contribution in [0.1, 0.15) is 20.8 Å². The van der Waals surface area contributed by atoms with Crippen molar-refractivity contribution in [2.75, 3.05) is 5.32 Å². The Bertz CT molecular complexity index is 812. The van der Waals surface area contributed by atoms with Crippen molar-refractivity contribution in [3.63, 3.8) is 0 Å². The number of carboxylic acid groups (broad SMARTS) is 1. The average molecular weight is 319 g/mol. The van der Waals surface area contributed by atoms with Crippen LogP contribution in [0.3, 0.4) is 0 Å². The van der Waals surface area contributed by atoms with E-state index in [2.05, 4.69) is 10.3 Å². The van der Waals surface area contributed by atoms with Crippen molar-refractivity contribution in [3.8, 4) is 0 Å². The van der Waals surface area contributed by atoms with Gasteiger partial charge >= 0.3 is 5.97 Å². The summed E-state index contributed by atoms with van der Waals surface area (Å²) in [6.07, 6.45) is 0. The van der Waals surface area contributed by atoms with Gasteiger partial charge in [-0.1, -0.05) is 13.8 Å². The average Bonchev–Trinajstić information content (AvgIpc) is 2.89. The number of amides is 1. The number of imidazole rings is 1. The van der Waals surface area contributed by atoms with E-state index in [0.29, 0.717) is 23.5 Å². The number of aliphatic carboxylic acids is 1. The van der Waals surface area contributed by atoms with Crippen LogP contribution in [-0.4, -0.2) is 26.5 Å². The minimum absolute atomic E-state index is 0.310. The summed E-state index contributed by atoms with van der Waals surface area (Å²) in [5.74, 6) is -2.72. The fourth-order valence-electron chi connectivity index (χ4n) is 3.29. The van der Waals surface area contributed by atoms with E-state index in [1.807, 2.05) is 6.92 Å². The van der Waals surface area contributed by atoms with Crippen LogP contribution >= 0.6 is 0 Å². The second-order valence-electron chi connectivity index (χ2n) is 6.42. The number of aryl methyl sites for hydroxylation is 1. The smallest absolute Gasteiger partial charge is 0.307 e. The Balaban J connectivity index is 1.90. The number of carboxylic acids is 1. The molecule has 0 bridgehead atoms. The number of fused-ring (bicyclic) bond motifs is 1. The lowest BCUT2D eigenvalue weighted by atomic mass is 10.1. The number of carbonyl (C=O) groups excluding carboxylic acids is 1. The first kappa shape index (κ1) is 15.5. The summed E-state index contributed by atoms with van der Waals surface area (Å²) < 4.78 is 15.1. The van der Waals surface area contributed by atoms with Crippen LogP contribution in [0.15, 0.2) is 18.2 Å². The Hall–Kier alpha value is -2.44. The van der Waals surface area contributed by atoms with E-state index in [4.69, 9.17) is 0 Å². The molecule has 0 spiro atoms. The zero-order chi connectivity index (χ0) is 16.9. The van der Waals surface area contributed by atoms with Crippen molar-refractivity contribution >= 4 is 28.9 Å². The molecule has 0 saturated heterocycles. The molecule has 7 heteroatoms. The molecule has 1 aliphatic carbocycles. The Kier molecular flexibility index (Phi) is 3.39. The molecule has 23 heavy (non-hydrogen) atoms. The molecule has 2 atom stereocenters. The molecular weight excluding hydrogens is 301 g/mol. The van der Waals surface area contributed by atoms with Gasteiger partial charge in [-0.2, -0.15) is 0 Å². The van der Waals surface area contributed by atoms with E-state index in [1.165, 1.54) is 12.1 Å². The summed E-state index contributed by atoms with van der Waals surface area (Å²) in [5.41, 5.74) is 0.589. The van der Waals surface area contributed by atoms with Gasteiger partial charge in [-0.25, -0.2) is 9.37 Å². The van der Waals surface area contributed by atoms with E-state index in [-0.39, 0.29) is 5.91 Å². The molecule has 1 aromatic carbocycles. The van der Waals surface area contributed by atoms with Crippen molar-refractivity contribution in [3.05, 3.63) is 24.0 Å². The molecule has 1 aromatic heterocycles. The molecule has 2 aromatic rings. The summed E-state index contributed by atoms with van der Waals surface area (Å²) >= 11 is 0. The van der Waals surface area contributed by atoms with Crippen molar-refractivity contribution in [1.82, 2.24) is 9.55 Å². The van der Waals surface area contributed by atoms with Crippen LogP contribution in [0, 0.1) is 23.1 Å². The third-order valence-electron chi connectivity index (χ3n) is 4.64. The highest BCUT2D eigenvalue weighted by Gasteiger charge is 2.66. The number of halogens is 1. The number of rotatable bonds is 4. The van der Waals surface area contributed by atoms with Crippen molar-refractivity contribution in [2.24, 2.45) is 17.3 Å². The quantitative estimate of drug-likeness (QED) is 0.907. The van der Waals surface area contributed by atoms with Crippen molar-refractivity contribution in [2.45, 2.75) is 27.3 Å². The topological polar surface area (TPSA) is 84.2 Å². The predicted molar refractivity (Wildman–Crippen MR) is 82.4 cm³/mol. The van der Waals surface area contributed by atoms with Crippen LogP contribution < -0.4 is 5.32 Å². The summed E-state index contributed by atoms with van der Waals surface area (Å²) in [7, 11) is 0. The van der Waals surface area contributed by atoms with E-state index in [1.54, 1.807) is 24.5 Å². The number of nitrogens with one attached hydrogen (secondary N) is 1. The SMILES string of the molecule is CCn1c(NC(=O)[C@@H]2[C@H](C(=O)O)C2(C)C)nc2cc(F)ccc21. The second-order valence-corrected chi connectivity index (χ2v) is 6.42. The van der Waals surface area contributed by atoms with Gasteiger partial charge < -0.3 is 9.67 Å². The molecule has 1 amide bonds. The Morgan fingerprint density at radius 1 is 1.39 bits per heavy atom. The third-order valence-corrected chi connectivity index (χ3v) is 4.64. The van der Waals surface area contributed by atoms with Gasteiger partial charge in [0.2, 0.25) is 11.9 Å². The summed E-state index contributed by atoms with van der Waals surface area (Å²) in [4.78, 5) is 27.9. The Labute approximate surface area is 132 Å². The van der Waals surface area contributed by atoms with E-state index >= 15 is 0 Å². The third kappa shape index (κ3) is 2.36. The first-order valence-corrected chi connectivity index (χ1v) is 7.46. The fraction of sp³-hybridized carbons (Fsp3) is 0.438. The van der Waals surface area contributed by atoms with Gasteiger partial charge in [0, 0.05) is 12.6 Å². The number of nitrogens with zero attached hydrogens (tertiary/aromatic N) is 2. The molecule has 0 unspecified atom stereocenters. The van der Waals surface area contributed by atoms with Gasteiger partial charge in [0.05, 0.1) is 22.9 Å². The maximum atomic E-state index is 13.3. The first-order valence-electron chi connectivity index (χ1n) is 7.46. The van der Waals surface area contributed by atoms with Crippen LogP contribution in [0.4, 0.5) is 10.3 Å². The normalized spacial score (nSPS) is 22.1. The maximum Gasteiger partial charge on any atom is 0.307 e. The van der Waals surface area contributed by atoms with Gasteiger partial charge in [-0.15, -0.1) is 0 Å². The molecule has 1 fully saturated rings. The molecular formula is C16H18FN3O3. The molecule has 6 nitrogen and oxygen atoms in total. The lowest BCUT2D eigenvalue weighted by molar-refractivity contribution is -0.140. The Morgan fingerprint density at radius 3 is 2.65 bits per heavy atom. The molecule has 0 radical (unpaired) electrons. The second kappa shape index (κ2) is 5.04. The highest BCUT2D eigenvalue weighted by molar-refractivity contribution is 5.99. The van der Waals surface area contributed by atoms with Gasteiger partial charge in [0.25, 0.3) is 0 Å². The van der Waals surface area contributed by atoms with E-state index in [9.17, 15) is 19.1 Å². The minimum atomic E-state index is -0.971. The standard InChI is InChI=1S/C16H18FN3O3/c1-4-20-10-6-5-8(17)7-9(10)18-15(20)19-13(21)11-12(14(22)23)16(11,2)3/h5-7,11-12H,4H2,1-3H3,(H,22,23)(H,18,19,21)/t11-,12+/m0/s1. The fourth-order valence-corrected chi connectivity index (χ4v) is 3.29. The van der Waals surface area contributed by atoms with Crippen molar-refractivity contribution in [1.29, 1.82) is 0 Å². The van der Waals surface area contributed by atoms with E-state index in [0.717, 1.165) is 0 Å². The highest BCUT2D eigenvalue weighted by Crippen LogP contribution is 2.58. The van der Waals surface area contributed by atoms with Crippen LogP contribution in [0.2, 0.25) is 0 Å². The number of hydrogen-bond donors (Lipinski definition) is 2. The predicted octanol–water partition coefficient (Wildman–Crippen LogP) is 2.49. The molecule has 1 heterocycles. The molecule has 2 N–H and O–H groups in total. The van der Waals surface area contributed by atoms with Gasteiger partial charge in [-0.3, -0.25) is 14.9 Å². The highest BCUT2D eigenvalue weighted by atomic mass is 19.1. The summed E-state index contributed by atoms with van der Waals surface area (Å²) in [6.45, 7) is 5.96. The summed E-state index contributed by atoms with van der Waals surface area (Å²) in [5, 5.41) is 11.9. The number of benzene rings is 1. The first-order chi connectivity index (χ1) is 10.8. The zero-order valence-electron chi connectivity index (χ0n) is 13.1. The molecule has 3 rings (SSSR count).